The molecule has 5 nitrogen and oxygen atoms in total. The first kappa shape index (κ1) is 15.2. The van der Waals surface area contributed by atoms with Crippen LogP contribution < -0.4 is 10.9 Å². The molecule has 0 saturated carbocycles. The third kappa shape index (κ3) is 3.09. The second-order valence-electron chi connectivity index (χ2n) is 4.66. The van der Waals surface area contributed by atoms with E-state index >= 15 is 0 Å². The summed E-state index contributed by atoms with van der Waals surface area (Å²) in [4.78, 5) is 23.8. The molecule has 7 heteroatoms. The molecule has 2 amide bonds. The van der Waals surface area contributed by atoms with E-state index in [0.29, 0.717) is 10.1 Å². The highest BCUT2D eigenvalue weighted by Crippen LogP contribution is 2.26. The second kappa shape index (κ2) is 6.21. The zero-order valence-corrected chi connectivity index (χ0v) is 13.2. The van der Waals surface area contributed by atoms with Gasteiger partial charge in [0.1, 0.15) is 11.4 Å². The number of benzene rings is 2. The maximum atomic E-state index is 13.5. The number of nitrogens with one attached hydrogen (secondary N) is 2. The Hall–Kier alpha value is -2.67. The van der Waals surface area contributed by atoms with Crippen LogP contribution in [0.2, 0.25) is 0 Å². The van der Waals surface area contributed by atoms with Crippen molar-refractivity contribution in [2.45, 2.75) is 0 Å². The molecule has 0 aliphatic rings. The van der Waals surface area contributed by atoms with E-state index in [1.54, 1.807) is 18.2 Å². The number of amides is 2. The molecule has 0 fully saturated rings. The number of hydrogen-bond acceptors (Lipinski definition) is 3. The minimum absolute atomic E-state index is 0.0285. The molecular formula is C16H10BrFN2O3. The SMILES string of the molecule is O=C(NNC(=O)c1ccccc1F)c1cc2cccc(Br)c2o1. The van der Waals surface area contributed by atoms with Crippen LogP contribution in [0.1, 0.15) is 20.9 Å². The lowest BCUT2D eigenvalue weighted by Crippen LogP contribution is -2.41. The molecule has 0 bridgehead atoms. The van der Waals surface area contributed by atoms with Crippen LogP contribution in [0.25, 0.3) is 11.0 Å². The van der Waals surface area contributed by atoms with Gasteiger partial charge in [0.2, 0.25) is 0 Å². The molecule has 0 radical (unpaired) electrons. The van der Waals surface area contributed by atoms with Crippen LogP contribution in [-0.4, -0.2) is 11.8 Å². The molecule has 0 atom stereocenters. The summed E-state index contributed by atoms with van der Waals surface area (Å²) in [5.41, 5.74) is 4.70. The smallest absolute Gasteiger partial charge is 0.305 e. The fourth-order valence-corrected chi connectivity index (χ4v) is 2.49. The lowest BCUT2D eigenvalue weighted by atomic mass is 10.2. The largest absolute Gasteiger partial charge is 0.450 e. The van der Waals surface area contributed by atoms with Crippen LogP contribution in [-0.2, 0) is 0 Å². The highest BCUT2D eigenvalue weighted by atomic mass is 79.9. The normalized spacial score (nSPS) is 10.5. The minimum atomic E-state index is -0.756. The summed E-state index contributed by atoms with van der Waals surface area (Å²) in [6.45, 7) is 0. The zero-order valence-electron chi connectivity index (χ0n) is 11.6. The molecule has 0 aliphatic heterocycles. The summed E-state index contributed by atoms with van der Waals surface area (Å²) < 4.78 is 19.6. The van der Waals surface area contributed by atoms with Crippen LogP contribution in [0, 0.1) is 5.82 Å². The number of para-hydroxylation sites is 1. The number of hydrogen-bond donors (Lipinski definition) is 2. The average molecular weight is 377 g/mol. The maximum Gasteiger partial charge on any atom is 0.305 e. The molecule has 3 aromatic rings. The fourth-order valence-electron chi connectivity index (χ4n) is 2.03. The number of hydrazine groups is 1. The van der Waals surface area contributed by atoms with Gasteiger partial charge >= 0.3 is 5.91 Å². The molecule has 2 aromatic carbocycles. The first-order valence-corrected chi connectivity index (χ1v) is 7.39. The predicted octanol–water partition coefficient (Wildman–Crippen LogP) is 3.41. The monoisotopic (exact) mass is 376 g/mol. The van der Waals surface area contributed by atoms with Crippen LogP contribution in [0.5, 0.6) is 0 Å². The van der Waals surface area contributed by atoms with Crippen molar-refractivity contribution in [1.82, 2.24) is 10.9 Å². The first-order chi connectivity index (χ1) is 11.1. The Labute approximate surface area is 138 Å². The van der Waals surface area contributed by atoms with Crippen LogP contribution >= 0.6 is 15.9 Å². The van der Waals surface area contributed by atoms with E-state index in [2.05, 4.69) is 26.8 Å². The Kier molecular flexibility index (Phi) is 4.12. The third-order valence-corrected chi connectivity index (χ3v) is 3.75. The van der Waals surface area contributed by atoms with Gasteiger partial charge in [-0.05, 0) is 40.2 Å². The van der Waals surface area contributed by atoms with E-state index in [1.807, 2.05) is 6.07 Å². The Morgan fingerprint density at radius 3 is 2.48 bits per heavy atom. The van der Waals surface area contributed by atoms with Crippen molar-refractivity contribution >= 4 is 38.7 Å². The van der Waals surface area contributed by atoms with E-state index in [1.165, 1.54) is 18.2 Å². The van der Waals surface area contributed by atoms with E-state index in [-0.39, 0.29) is 11.3 Å². The van der Waals surface area contributed by atoms with Gasteiger partial charge in [-0.25, -0.2) is 4.39 Å². The average Bonchev–Trinajstić information content (AvgIpc) is 2.98. The van der Waals surface area contributed by atoms with Gasteiger partial charge < -0.3 is 4.42 Å². The van der Waals surface area contributed by atoms with Crippen molar-refractivity contribution in [2.75, 3.05) is 0 Å². The number of rotatable bonds is 2. The second-order valence-corrected chi connectivity index (χ2v) is 5.51. The van der Waals surface area contributed by atoms with Crippen molar-refractivity contribution in [3.8, 4) is 0 Å². The number of fused-ring (bicyclic) bond motifs is 1. The molecule has 1 aromatic heterocycles. The van der Waals surface area contributed by atoms with Gasteiger partial charge in [0.15, 0.2) is 5.76 Å². The minimum Gasteiger partial charge on any atom is -0.450 e. The molecule has 0 unspecified atom stereocenters. The van der Waals surface area contributed by atoms with Crippen LogP contribution in [0.15, 0.2) is 57.4 Å². The topological polar surface area (TPSA) is 71.3 Å². The lowest BCUT2D eigenvalue weighted by molar-refractivity contribution is 0.0830. The summed E-state index contributed by atoms with van der Waals surface area (Å²) in [5.74, 6) is -2.04. The first-order valence-electron chi connectivity index (χ1n) is 6.59. The van der Waals surface area contributed by atoms with E-state index in [0.717, 1.165) is 11.5 Å². The van der Waals surface area contributed by atoms with Gasteiger partial charge in [0.25, 0.3) is 5.91 Å². The van der Waals surface area contributed by atoms with Crippen molar-refractivity contribution in [1.29, 1.82) is 0 Å². The molecule has 116 valence electrons. The highest BCUT2D eigenvalue weighted by Gasteiger charge is 2.16. The number of furan rings is 1. The summed E-state index contributed by atoms with van der Waals surface area (Å²) in [5, 5.41) is 0.741. The van der Waals surface area contributed by atoms with Gasteiger partial charge in [0.05, 0.1) is 10.0 Å². The molecule has 0 aliphatic carbocycles. The molecule has 23 heavy (non-hydrogen) atoms. The fraction of sp³-hybridized carbons (Fsp3) is 0. The standard InChI is InChI=1S/C16H10BrFN2O3/c17-11-6-3-4-9-8-13(23-14(9)11)16(22)20-19-15(21)10-5-1-2-7-12(10)18/h1-8H,(H,19,21)(H,20,22). The van der Waals surface area contributed by atoms with Gasteiger partial charge in [-0.3, -0.25) is 20.4 Å². The summed E-state index contributed by atoms with van der Waals surface area (Å²) in [6.07, 6.45) is 0. The Morgan fingerprint density at radius 2 is 1.74 bits per heavy atom. The van der Waals surface area contributed by atoms with E-state index in [9.17, 15) is 14.0 Å². The van der Waals surface area contributed by atoms with Gasteiger partial charge in [-0.15, -0.1) is 0 Å². The lowest BCUT2D eigenvalue weighted by Gasteiger charge is -2.06. The molecule has 2 N–H and O–H groups in total. The number of carbonyl (C=O) groups excluding carboxylic acids is 2. The zero-order chi connectivity index (χ0) is 16.4. The molecule has 0 saturated heterocycles. The number of halogens is 2. The van der Waals surface area contributed by atoms with Gasteiger partial charge in [-0.2, -0.15) is 0 Å². The van der Waals surface area contributed by atoms with E-state index < -0.39 is 17.6 Å². The highest BCUT2D eigenvalue weighted by molar-refractivity contribution is 9.10. The molecule has 1 heterocycles. The molecular weight excluding hydrogens is 367 g/mol. The van der Waals surface area contributed by atoms with Crippen molar-refractivity contribution < 1.29 is 18.4 Å². The molecule has 0 spiro atoms. The Balaban J connectivity index is 1.73. The van der Waals surface area contributed by atoms with Gasteiger partial charge in [-0.1, -0.05) is 24.3 Å². The summed E-state index contributed by atoms with van der Waals surface area (Å²) in [7, 11) is 0. The van der Waals surface area contributed by atoms with E-state index in [4.69, 9.17) is 4.42 Å². The maximum absolute atomic E-state index is 13.5. The van der Waals surface area contributed by atoms with Crippen molar-refractivity contribution in [3.05, 3.63) is 70.1 Å². The van der Waals surface area contributed by atoms with Crippen LogP contribution in [0.3, 0.4) is 0 Å². The van der Waals surface area contributed by atoms with Gasteiger partial charge in [0, 0.05) is 5.39 Å². The summed E-state index contributed by atoms with van der Waals surface area (Å²) in [6, 6.07) is 12.4. The quantitative estimate of drug-likeness (QED) is 0.673. The van der Waals surface area contributed by atoms with Crippen LogP contribution in [0.4, 0.5) is 4.39 Å². The predicted molar refractivity (Wildman–Crippen MR) is 85.2 cm³/mol. The molecule has 3 rings (SSSR count). The Morgan fingerprint density at radius 1 is 1.00 bits per heavy atom. The van der Waals surface area contributed by atoms with Crippen molar-refractivity contribution in [3.63, 3.8) is 0 Å². The number of carbonyl (C=O) groups is 2. The summed E-state index contributed by atoms with van der Waals surface area (Å²) >= 11 is 3.32. The van der Waals surface area contributed by atoms with Crippen molar-refractivity contribution in [2.24, 2.45) is 0 Å². The Bertz CT molecular complexity index is 907. The third-order valence-electron chi connectivity index (χ3n) is 3.13.